The lowest BCUT2D eigenvalue weighted by molar-refractivity contribution is 0.475. The van der Waals surface area contributed by atoms with Gasteiger partial charge in [0.1, 0.15) is 5.75 Å². The first kappa shape index (κ1) is 30.1. The van der Waals surface area contributed by atoms with Crippen LogP contribution in [0.2, 0.25) is 0 Å². The molecule has 1 rings (SSSR count). The highest BCUT2D eigenvalue weighted by Crippen LogP contribution is 2.08. The smallest absolute Gasteiger partial charge is 0.254 e. The summed E-state index contributed by atoms with van der Waals surface area (Å²) in [6.07, 6.45) is 1.25. The van der Waals surface area contributed by atoms with Gasteiger partial charge in [0.25, 0.3) is 11.0 Å². The Hall–Kier alpha value is -1.28. The minimum atomic E-state index is -3.12. The van der Waals surface area contributed by atoms with Crippen LogP contribution in [0, 0.1) is 6.92 Å². The van der Waals surface area contributed by atoms with Crippen molar-refractivity contribution in [1.29, 1.82) is 0 Å². The number of rotatable bonds is 0. The van der Waals surface area contributed by atoms with Crippen LogP contribution in [0.15, 0.2) is 24.3 Å². The van der Waals surface area contributed by atoms with Crippen LogP contribution >= 0.6 is 0 Å². The molecule has 4 nitrogen and oxygen atoms in total. The number of aromatic hydroxyl groups is 1. The molecule has 0 heterocycles. The molecule has 0 saturated heterocycles. The van der Waals surface area contributed by atoms with Gasteiger partial charge in [-0.2, -0.15) is 0 Å². The van der Waals surface area contributed by atoms with E-state index in [4.69, 9.17) is 18.1 Å². The molecule has 0 atom stereocenters. The molecule has 0 spiro atoms. The van der Waals surface area contributed by atoms with Crippen LogP contribution in [-0.2, 0) is 11.0 Å². The van der Waals surface area contributed by atoms with E-state index < -0.39 is 11.0 Å². The molecule has 1 aromatic rings. The Kier molecular flexibility index (Phi) is 35.2. The van der Waals surface area contributed by atoms with Crippen LogP contribution in [0.1, 0.15) is 25.8 Å². The second-order valence-electron chi connectivity index (χ2n) is 2.78. The molecular weight excluding hydrogens is 273 g/mol. The second kappa shape index (κ2) is 21.1. The minimum absolute atomic E-state index is 0. The van der Waals surface area contributed by atoms with Crippen molar-refractivity contribution in [3.63, 3.8) is 0 Å². The monoisotopic (exact) mass is 294 g/mol. The van der Waals surface area contributed by atoms with E-state index in [1.807, 2.05) is 19.1 Å². The fourth-order valence-corrected chi connectivity index (χ4v) is 0.628. The van der Waals surface area contributed by atoms with Gasteiger partial charge < -0.3 is 5.11 Å². The van der Waals surface area contributed by atoms with E-state index in [0.717, 1.165) is 5.56 Å². The predicted octanol–water partition coefficient (Wildman–Crippen LogP) is 2.65. The van der Waals surface area contributed by atoms with Gasteiger partial charge in [0, 0.05) is 0 Å². The largest absolute Gasteiger partial charge is 0.508 e. The molecule has 0 aliphatic carbocycles. The molecule has 0 aromatic heterocycles. The average Bonchev–Trinajstić information content (AvgIpc) is 2.03. The van der Waals surface area contributed by atoms with Crippen molar-refractivity contribution in [2.24, 2.45) is 0 Å². The molecular formula is C10H21F3O4S. The summed E-state index contributed by atoms with van der Waals surface area (Å²) in [5.74, 6) is 0.338. The summed E-state index contributed by atoms with van der Waals surface area (Å²) < 4.78 is 24.2. The Bertz CT molecular complexity index is 307. The Morgan fingerprint density at radius 3 is 1.61 bits per heavy atom. The normalized spacial score (nSPS) is 6.94. The lowest BCUT2D eigenvalue weighted by Crippen LogP contribution is -1.66. The molecule has 0 radical (unpaired) electrons. The van der Waals surface area contributed by atoms with Gasteiger partial charge in [0.15, 0.2) is 0 Å². The van der Waals surface area contributed by atoms with E-state index in [0.29, 0.717) is 5.75 Å². The molecule has 1 aromatic carbocycles. The SMILES string of the molecule is CCC.Cc1cccc(O)c1.F.F.F.O=[SH](=O)O. The molecule has 0 bridgehead atoms. The molecule has 2 N–H and O–H groups in total. The standard InChI is InChI=1S/C7H8O.C3H8.3FH.H2O3S/c1-6-3-2-4-7(8)5-6;1-3-2;;;;1-4(2)3/h2-5,8H,1H3;3H2,1-2H3;3*1H;4H,(H,1,2,3). The van der Waals surface area contributed by atoms with Crippen LogP contribution in [0.3, 0.4) is 0 Å². The first-order valence-corrected chi connectivity index (χ1v) is 5.65. The van der Waals surface area contributed by atoms with Crippen LogP contribution < -0.4 is 0 Å². The number of aryl methyl sites for hydroxylation is 1. The predicted molar refractivity (Wildman–Crippen MR) is 69.3 cm³/mol. The van der Waals surface area contributed by atoms with Gasteiger partial charge in [-0.1, -0.05) is 32.4 Å². The maximum atomic E-state index is 8.81. The van der Waals surface area contributed by atoms with Crippen LogP contribution in [-0.4, -0.2) is 18.1 Å². The summed E-state index contributed by atoms with van der Waals surface area (Å²) in [5, 5.41) is 8.81. The second-order valence-corrected chi connectivity index (χ2v) is 3.26. The lowest BCUT2D eigenvalue weighted by Gasteiger charge is -1.89. The third-order valence-electron chi connectivity index (χ3n) is 1.00. The molecule has 0 saturated carbocycles. The quantitative estimate of drug-likeness (QED) is 0.508. The highest BCUT2D eigenvalue weighted by Gasteiger charge is 1.83. The first-order valence-electron chi connectivity index (χ1n) is 4.52. The van der Waals surface area contributed by atoms with Crippen molar-refractivity contribution in [2.45, 2.75) is 27.2 Å². The van der Waals surface area contributed by atoms with Crippen LogP contribution in [0.5, 0.6) is 5.75 Å². The topological polar surface area (TPSA) is 74.6 Å². The number of halogens is 3. The number of hydrogen-bond donors (Lipinski definition) is 3. The maximum absolute atomic E-state index is 8.81. The molecule has 0 amide bonds. The van der Waals surface area contributed by atoms with E-state index in [2.05, 4.69) is 13.8 Å². The molecule has 0 unspecified atom stereocenters. The van der Waals surface area contributed by atoms with Gasteiger partial charge in [-0.3, -0.25) is 18.7 Å². The zero-order valence-electron chi connectivity index (χ0n) is 10.4. The van der Waals surface area contributed by atoms with Crippen molar-refractivity contribution < 1.29 is 32.2 Å². The number of phenolic OH excluding ortho intramolecular Hbond substituents is 1. The molecule has 18 heavy (non-hydrogen) atoms. The number of thiol groups is 1. The number of hydrogen-bond acceptors (Lipinski definition) is 3. The Balaban J connectivity index is -0.0000000497. The zero-order valence-corrected chi connectivity index (χ0v) is 11.3. The first-order chi connectivity index (χ1) is 6.93. The van der Waals surface area contributed by atoms with E-state index in [1.165, 1.54) is 6.42 Å². The van der Waals surface area contributed by atoms with Crippen molar-refractivity contribution in [3.05, 3.63) is 29.8 Å². The summed E-state index contributed by atoms with van der Waals surface area (Å²) in [6, 6.07) is 7.15. The van der Waals surface area contributed by atoms with Gasteiger partial charge in [0.05, 0.1) is 0 Å². The van der Waals surface area contributed by atoms with Crippen LogP contribution in [0.25, 0.3) is 0 Å². The highest BCUT2D eigenvalue weighted by atomic mass is 32.2. The Morgan fingerprint density at radius 2 is 1.44 bits per heavy atom. The highest BCUT2D eigenvalue weighted by molar-refractivity contribution is 7.66. The minimum Gasteiger partial charge on any atom is -0.508 e. The van der Waals surface area contributed by atoms with Gasteiger partial charge in [-0.05, 0) is 24.6 Å². The van der Waals surface area contributed by atoms with Crippen LogP contribution in [0.4, 0.5) is 14.1 Å². The third-order valence-corrected chi connectivity index (χ3v) is 1.00. The van der Waals surface area contributed by atoms with E-state index in [1.54, 1.807) is 12.1 Å². The van der Waals surface area contributed by atoms with Crippen molar-refractivity contribution in [3.8, 4) is 5.75 Å². The molecule has 0 fully saturated rings. The van der Waals surface area contributed by atoms with Crippen molar-refractivity contribution >= 4 is 11.0 Å². The molecule has 0 aliphatic heterocycles. The Labute approximate surface area is 107 Å². The summed E-state index contributed by atoms with van der Waals surface area (Å²) >= 11 is 0. The maximum Gasteiger partial charge on any atom is 0.254 e. The fraction of sp³-hybridized carbons (Fsp3) is 0.400. The van der Waals surface area contributed by atoms with E-state index >= 15 is 0 Å². The zero-order chi connectivity index (χ0) is 12.3. The number of benzene rings is 1. The summed E-state index contributed by atoms with van der Waals surface area (Å²) in [5.41, 5.74) is 1.09. The van der Waals surface area contributed by atoms with Gasteiger partial charge >= 0.3 is 0 Å². The van der Waals surface area contributed by atoms with E-state index in [9.17, 15) is 0 Å². The van der Waals surface area contributed by atoms with Gasteiger partial charge in [-0.15, -0.1) is 0 Å². The third kappa shape index (κ3) is 36.4. The molecule has 112 valence electrons. The summed E-state index contributed by atoms with van der Waals surface area (Å²) in [6.45, 7) is 6.19. The molecule has 8 heteroatoms. The molecule has 0 aliphatic rings. The van der Waals surface area contributed by atoms with Gasteiger partial charge in [0.2, 0.25) is 0 Å². The van der Waals surface area contributed by atoms with Gasteiger partial charge in [-0.25, -0.2) is 8.42 Å². The lowest BCUT2D eigenvalue weighted by atomic mass is 10.2. The Morgan fingerprint density at radius 1 is 1.11 bits per heavy atom. The fourth-order valence-electron chi connectivity index (χ4n) is 0.628. The van der Waals surface area contributed by atoms with Crippen molar-refractivity contribution in [1.82, 2.24) is 0 Å². The van der Waals surface area contributed by atoms with Crippen molar-refractivity contribution in [2.75, 3.05) is 0 Å². The summed E-state index contributed by atoms with van der Waals surface area (Å²) in [7, 11) is -3.12. The number of phenols is 1. The summed E-state index contributed by atoms with van der Waals surface area (Å²) in [4.78, 5) is 0. The van der Waals surface area contributed by atoms with E-state index in [-0.39, 0.29) is 14.1 Å². The average molecular weight is 294 g/mol.